The van der Waals surface area contributed by atoms with E-state index in [0.717, 1.165) is 11.3 Å². The topological polar surface area (TPSA) is 77.5 Å². The van der Waals surface area contributed by atoms with Crippen molar-refractivity contribution in [2.24, 2.45) is 0 Å². The lowest BCUT2D eigenvalue weighted by molar-refractivity contribution is -0.384. The highest BCUT2D eigenvalue weighted by Gasteiger charge is 2.12. The van der Waals surface area contributed by atoms with Crippen LogP contribution in [0.5, 0.6) is 0 Å². The summed E-state index contributed by atoms with van der Waals surface area (Å²) in [6.07, 6.45) is 1.59. The Morgan fingerprint density at radius 2 is 2.21 bits per heavy atom. The van der Waals surface area contributed by atoms with E-state index in [-0.39, 0.29) is 5.69 Å². The lowest BCUT2D eigenvalue weighted by Gasteiger charge is -2.06. The zero-order chi connectivity index (χ0) is 13.7. The summed E-state index contributed by atoms with van der Waals surface area (Å²) in [6, 6.07) is 8.48. The standard InChI is InChI=1S/C13H14N2O4/c1-14-12-7-10(4-5-13(12)15(16)17)8-18-9-11-3-2-6-19-11/h2-7,14H,8-9H2,1H3. The number of anilines is 1. The minimum absolute atomic E-state index is 0.0530. The highest BCUT2D eigenvalue weighted by molar-refractivity contribution is 5.62. The molecule has 100 valence electrons. The largest absolute Gasteiger partial charge is 0.467 e. The first-order valence-electron chi connectivity index (χ1n) is 5.76. The normalized spacial score (nSPS) is 10.4. The molecule has 0 fully saturated rings. The summed E-state index contributed by atoms with van der Waals surface area (Å²) in [4.78, 5) is 10.4. The Morgan fingerprint density at radius 3 is 2.84 bits per heavy atom. The predicted molar refractivity (Wildman–Crippen MR) is 69.8 cm³/mol. The molecule has 0 aliphatic carbocycles. The smallest absolute Gasteiger partial charge is 0.292 e. The summed E-state index contributed by atoms with van der Waals surface area (Å²) < 4.78 is 10.6. The van der Waals surface area contributed by atoms with Crippen molar-refractivity contribution in [2.75, 3.05) is 12.4 Å². The highest BCUT2D eigenvalue weighted by atomic mass is 16.6. The molecule has 0 aliphatic rings. The second kappa shape index (κ2) is 6.01. The quantitative estimate of drug-likeness (QED) is 0.639. The van der Waals surface area contributed by atoms with Crippen LogP contribution in [0.4, 0.5) is 11.4 Å². The first kappa shape index (κ1) is 13.1. The summed E-state index contributed by atoms with van der Waals surface area (Å²) >= 11 is 0. The minimum atomic E-state index is -0.417. The maximum atomic E-state index is 10.8. The van der Waals surface area contributed by atoms with Crippen molar-refractivity contribution in [3.63, 3.8) is 0 Å². The van der Waals surface area contributed by atoms with Gasteiger partial charge >= 0.3 is 0 Å². The number of rotatable bonds is 6. The molecular formula is C13H14N2O4. The van der Waals surface area contributed by atoms with Crippen LogP contribution in [0.25, 0.3) is 0 Å². The molecule has 2 aromatic rings. The van der Waals surface area contributed by atoms with Crippen molar-refractivity contribution < 1.29 is 14.1 Å². The van der Waals surface area contributed by atoms with Crippen LogP contribution in [0, 0.1) is 10.1 Å². The Labute approximate surface area is 110 Å². The van der Waals surface area contributed by atoms with Crippen LogP contribution in [-0.2, 0) is 18.0 Å². The summed E-state index contributed by atoms with van der Waals surface area (Å²) in [6.45, 7) is 0.742. The van der Waals surface area contributed by atoms with E-state index >= 15 is 0 Å². The molecule has 2 rings (SSSR count). The van der Waals surface area contributed by atoms with Gasteiger partial charge in [-0.25, -0.2) is 0 Å². The van der Waals surface area contributed by atoms with E-state index < -0.39 is 4.92 Å². The Bertz CT molecular complexity index is 552. The molecule has 0 atom stereocenters. The van der Waals surface area contributed by atoms with Crippen LogP contribution < -0.4 is 5.32 Å². The van der Waals surface area contributed by atoms with E-state index in [1.54, 1.807) is 31.5 Å². The molecule has 0 amide bonds. The Kier molecular flexibility index (Phi) is 4.15. The van der Waals surface area contributed by atoms with Crippen LogP contribution in [-0.4, -0.2) is 12.0 Å². The first-order valence-corrected chi connectivity index (χ1v) is 5.76. The number of nitrogens with one attached hydrogen (secondary N) is 1. The number of hydrogen-bond acceptors (Lipinski definition) is 5. The van der Waals surface area contributed by atoms with Gasteiger partial charge in [0.2, 0.25) is 0 Å². The zero-order valence-electron chi connectivity index (χ0n) is 10.5. The van der Waals surface area contributed by atoms with Crippen molar-refractivity contribution in [1.29, 1.82) is 0 Å². The molecule has 1 aromatic carbocycles. The SMILES string of the molecule is CNc1cc(COCc2ccco2)ccc1[N+](=O)[O-]. The van der Waals surface area contributed by atoms with E-state index in [4.69, 9.17) is 9.15 Å². The zero-order valence-corrected chi connectivity index (χ0v) is 10.5. The maximum absolute atomic E-state index is 10.8. The molecule has 0 radical (unpaired) electrons. The molecule has 0 unspecified atom stereocenters. The van der Waals surface area contributed by atoms with Gasteiger partial charge in [-0.05, 0) is 29.8 Å². The summed E-state index contributed by atoms with van der Waals surface area (Å²) in [5, 5.41) is 13.6. The minimum Gasteiger partial charge on any atom is -0.467 e. The molecule has 0 saturated carbocycles. The van der Waals surface area contributed by atoms with Crippen LogP contribution in [0.1, 0.15) is 11.3 Å². The van der Waals surface area contributed by atoms with Gasteiger partial charge in [0.15, 0.2) is 0 Å². The van der Waals surface area contributed by atoms with Gasteiger partial charge in [-0.1, -0.05) is 0 Å². The van der Waals surface area contributed by atoms with Gasteiger partial charge in [-0.2, -0.15) is 0 Å². The van der Waals surface area contributed by atoms with Crippen molar-refractivity contribution in [1.82, 2.24) is 0 Å². The van der Waals surface area contributed by atoms with Crippen LogP contribution >= 0.6 is 0 Å². The predicted octanol–water partition coefficient (Wildman–Crippen LogP) is 2.95. The molecular weight excluding hydrogens is 248 g/mol. The van der Waals surface area contributed by atoms with Gasteiger partial charge in [0.25, 0.3) is 5.69 Å². The molecule has 0 bridgehead atoms. The molecule has 1 aromatic heterocycles. The molecule has 1 heterocycles. The third-order valence-electron chi connectivity index (χ3n) is 2.62. The summed E-state index contributed by atoms with van der Waals surface area (Å²) in [5.41, 5.74) is 1.39. The van der Waals surface area contributed by atoms with Crippen LogP contribution in [0.15, 0.2) is 41.0 Å². The number of nitro groups is 1. The second-order valence-corrected chi connectivity index (χ2v) is 3.93. The van der Waals surface area contributed by atoms with Crippen molar-refractivity contribution in [2.45, 2.75) is 13.2 Å². The van der Waals surface area contributed by atoms with Gasteiger partial charge in [-0.3, -0.25) is 10.1 Å². The van der Waals surface area contributed by atoms with Crippen molar-refractivity contribution in [3.8, 4) is 0 Å². The number of furan rings is 1. The number of ether oxygens (including phenoxy) is 1. The van der Waals surface area contributed by atoms with Gasteiger partial charge in [0.05, 0.1) is 17.8 Å². The number of hydrogen-bond donors (Lipinski definition) is 1. The van der Waals surface area contributed by atoms with E-state index in [1.807, 2.05) is 6.07 Å². The summed E-state index contributed by atoms with van der Waals surface area (Å²) in [7, 11) is 1.65. The maximum Gasteiger partial charge on any atom is 0.292 e. The average molecular weight is 262 g/mol. The molecule has 0 aliphatic heterocycles. The first-order chi connectivity index (χ1) is 9.20. The fourth-order valence-corrected chi connectivity index (χ4v) is 1.70. The Balaban J connectivity index is 1.99. The average Bonchev–Trinajstić information content (AvgIpc) is 2.91. The number of benzene rings is 1. The molecule has 0 saturated heterocycles. The van der Waals surface area contributed by atoms with Crippen LogP contribution in [0.2, 0.25) is 0 Å². The molecule has 1 N–H and O–H groups in total. The van der Waals surface area contributed by atoms with Crippen molar-refractivity contribution >= 4 is 11.4 Å². The van der Waals surface area contributed by atoms with Crippen molar-refractivity contribution in [3.05, 3.63) is 58.0 Å². The number of nitrogens with zero attached hydrogens (tertiary/aromatic N) is 1. The lowest BCUT2D eigenvalue weighted by Crippen LogP contribution is -1.99. The van der Waals surface area contributed by atoms with Gasteiger partial charge < -0.3 is 14.5 Å². The summed E-state index contributed by atoms with van der Waals surface area (Å²) in [5.74, 6) is 0.746. The van der Waals surface area contributed by atoms with E-state index in [0.29, 0.717) is 18.9 Å². The highest BCUT2D eigenvalue weighted by Crippen LogP contribution is 2.25. The van der Waals surface area contributed by atoms with E-state index in [1.165, 1.54) is 6.07 Å². The second-order valence-electron chi connectivity index (χ2n) is 3.93. The fraction of sp³-hybridized carbons (Fsp3) is 0.231. The lowest BCUT2D eigenvalue weighted by atomic mass is 10.2. The molecule has 6 heteroatoms. The third-order valence-corrected chi connectivity index (χ3v) is 2.62. The fourth-order valence-electron chi connectivity index (χ4n) is 1.70. The molecule has 6 nitrogen and oxygen atoms in total. The monoisotopic (exact) mass is 262 g/mol. The van der Waals surface area contributed by atoms with E-state index in [2.05, 4.69) is 5.32 Å². The Hall–Kier alpha value is -2.34. The molecule has 0 spiro atoms. The van der Waals surface area contributed by atoms with Gasteiger partial charge in [0, 0.05) is 13.1 Å². The van der Waals surface area contributed by atoms with Gasteiger partial charge in [0.1, 0.15) is 18.1 Å². The Morgan fingerprint density at radius 1 is 1.37 bits per heavy atom. The molecule has 19 heavy (non-hydrogen) atoms. The third kappa shape index (κ3) is 3.32. The van der Waals surface area contributed by atoms with Crippen LogP contribution in [0.3, 0.4) is 0 Å². The van der Waals surface area contributed by atoms with Gasteiger partial charge in [-0.15, -0.1) is 0 Å². The number of nitro benzene ring substituents is 1. The van der Waals surface area contributed by atoms with E-state index in [9.17, 15) is 10.1 Å².